The lowest BCUT2D eigenvalue weighted by molar-refractivity contribution is -0.122. The molecule has 0 heterocycles. The summed E-state index contributed by atoms with van der Waals surface area (Å²) in [5.74, 6) is 0.0706. The van der Waals surface area contributed by atoms with Crippen LogP contribution in [0.5, 0.6) is 0 Å². The number of hydrogen-bond acceptors (Lipinski definition) is 2. The molecule has 0 bridgehead atoms. The maximum atomic E-state index is 11.8. The standard InChI is InChI=1S/C14H18BrNO2/c1-2-18-9-8-14(17)16-13-7-6-10-11(13)4-3-5-12(10)15/h3-5,13H,2,6-9H2,1H3,(H,16,17). The molecule has 98 valence electrons. The first-order valence-electron chi connectivity index (χ1n) is 6.36. The van der Waals surface area contributed by atoms with Gasteiger partial charge >= 0.3 is 0 Å². The second-order valence-corrected chi connectivity index (χ2v) is 5.27. The number of ether oxygens (including phenoxy) is 1. The van der Waals surface area contributed by atoms with Crippen LogP contribution in [-0.2, 0) is 16.0 Å². The number of benzene rings is 1. The molecule has 1 aromatic rings. The zero-order chi connectivity index (χ0) is 13.0. The third kappa shape index (κ3) is 3.12. The fraction of sp³-hybridized carbons (Fsp3) is 0.500. The van der Waals surface area contributed by atoms with Crippen LogP contribution in [0.4, 0.5) is 0 Å². The van der Waals surface area contributed by atoms with E-state index in [9.17, 15) is 4.79 Å². The van der Waals surface area contributed by atoms with Crippen LogP contribution < -0.4 is 5.32 Å². The van der Waals surface area contributed by atoms with Gasteiger partial charge in [0.1, 0.15) is 0 Å². The zero-order valence-corrected chi connectivity index (χ0v) is 12.1. The van der Waals surface area contributed by atoms with Gasteiger partial charge in [0.15, 0.2) is 0 Å². The van der Waals surface area contributed by atoms with Gasteiger partial charge < -0.3 is 10.1 Å². The summed E-state index contributed by atoms with van der Waals surface area (Å²) in [6, 6.07) is 6.33. The van der Waals surface area contributed by atoms with E-state index >= 15 is 0 Å². The van der Waals surface area contributed by atoms with Crippen LogP contribution in [0.3, 0.4) is 0 Å². The molecule has 1 atom stereocenters. The number of nitrogens with one attached hydrogen (secondary N) is 1. The summed E-state index contributed by atoms with van der Waals surface area (Å²) < 4.78 is 6.33. The van der Waals surface area contributed by atoms with Crippen molar-refractivity contribution in [2.24, 2.45) is 0 Å². The van der Waals surface area contributed by atoms with Gasteiger partial charge in [-0.25, -0.2) is 0 Å². The van der Waals surface area contributed by atoms with Crippen LogP contribution in [0, 0.1) is 0 Å². The number of fused-ring (bicyclic) bond motifs is 1. The van der Waals surface area contributed by atoms with E-state index in [2.05, 4.69) is 33.4 Å². The monoisotopic (exact) mass is 311 g/mol. The van der Waals surface area contributed by atoms with E-state index < -0.39 is 0 Å². The van der Waals surface area contributed by atoms with E-state index in [-0.39, 0.29) is 11.9 Å². The summed E-state index contributed by atoms with van der Waals surface area (Å²) in [6.07, 6.45) is 2.44. The van der Waals surface area contributed by atoms with Gasteiger partial charge in [0.05, 0.1) is 12.6 Å². The minimum atomic E-state index is 0.0706. The SMILES string of the molecule is CCOCCC(=O)NC1CCc2c(Br)cccc21. The van der Waals surface area contributed by atoms with Crippen LogP contribution in [-0.4, -0.2) is 19.1 Å². The molecule has 0 saturated carbocycles. The molecule has 1 aliphatic rings. The first-order valence-corrected chi connectivity index (χ1v) is 7.16. The summed E-state index contributed by atoms with van der Waals surface area (Å²) in [7, 11) is 0. The van der Waals surface area contributed by atoms with E-state index in [4.69, 9.17) is 4.74 Å². The quantitative estimate of drug-likeness (QED) is 0.849. The summed E-state index contributed by atoms with van der Waals surface area (Å²) in [5.41, 5.74) is 2.57. The molecule has 3 nitrogen and oxygen atoms in total. The Kier molecular flexibility index (Phi) is 4.78. The van der Waals surface area contributed by atoms with Crippen molar-refractivity contribution in [2.45, 2.75) is 32.2 Å². The van der Waals surface area contributed by atoms with Crippen molar-refractivity contribution in [3.05, 3.63) is 33.8 Å². The largest absolute Gasteiger partial charge is 0.381 e. The Bertz CT molecular complexity index is 434. The molecular formula is C14H18BrNO2. The van der Waals surface area contributed by atoms with Crippen molar-refractivity contribution in [1.29, 1.82) is 0 Å². The van der Waals surface area contributed by atoms with E-state index in [0.717, 1.165) is 17.3 Å². The second-order valence-electron chi connectivity index (χ2n) is 4.41. The zero-order valence-electron chi connectivity index (χ0n) is 10.5. The molecule has 0 fully saturated rings. The van der Waals surface area contributed by atoms with Gasteiger partial charge in [-0.2, -0.15) is 0 Å². The van der Waals surface area contributed by atoms with Crippen molar-refractivity contribution < 1.29 is 9.53 Å². The fourth-order valence-electron chi connectivity index (χ4n) is 2.34. The highest BCUT2D eigenvalue weighted by atomic mass is 79.9. The van der Waals surface area contributed by atoms with Crippen molar-refractivity contribution in [3.8, 4) is 0 Å². The molecule has 18 heavy (non-hydrogen) atoms. The highest BCUT2D eigenvalue weighted by molar-refractivity contribution is 9.10. The van der Waals surface area contributed by atoms with Crippen LogP contribution in [0.25, 0.3) is 0 Å². The Hall–Kier alpha value is -0.870. The van der Waals surface area contributed by atoms with Gasteiger partial charge in [-0.3, -0.25) is 4.79 Å². The van der Waals surface area contributed by atoms with Gasteiger partial charge in [0.2, 0.25) is 5.91 Å². The lowest BCUT2D eigenvalue weighted by atomic mass is 10.1. The van der Waals surface area contributed by atoms with Gasteiger partial charge in [-0.05, 0) is 37.0 Å². The number of amides is 1. The maximum Gasteiger partial charge on any atom is 0.222 e. The van der Waals surface area contributed by atoms with Crippen LogP contribution in [0.2, 0.25) is 0 Å². The van der Waals surface area contributed by atoms with Crippen molar-refractivity contribution >= 4 is 21.8 Å². The number of halogens is 1. The van der Waals surface area contributed by atoms with E-state index in [1.54, 1.807) is 0 Å². The van der Waals surface area contributed by atoms with Crippen molar-refractivity contribution in [1.82, 2.24) is 5.32 Å². The topological polar surface area (TPSA) is 38.3 Å². The van der Waals surface area contributed by atoms with Crippen molar-refractivity contribution in [3.63, 3.8) is 0 Å². The molecule has 0 aromatic heterocycles. The Morgan fingerprint density at radius 1 is 1.56 bits per heavy atom. The molecule has 1 N–H and O–H groups in total. The summed E-state index contributed by atoms with van der Waals surface area (Å²) in [4.78, 5) is 11.8. The van der Waals surface area contributed by atoms with Crippen LogP contribution in [0.15, 0.2) is 22.7 Å². The molecule has 1 aromatic carbocycles. The molecule has 0 saturated heterocycles. The minimum Gasteiger partial charge on any atom is -0.381 e. The first-order chi connectivity index (χ1) is 8.72. The van der Waals surface area contributed by atoms with Crippen molar-refractivity contribution in [2.75, 3.05) is 13.2 Å². The Morgan fingerprint density at radius 2 is 2.39 bits per heavy atom. The molecule has 1 amide bonds. The average Bonchev–Trinajstić information content (AvgIpc) is 2.74. The molecule has 2 rings (SSSR count). The third-order valence-electron chi connectivity index (χ3n) is 3.23. The summed E-state index contributed by atoms with van der Waals surface area (Å²) in [5, 5.41) is 3.08. The lowest BCUT2D eigenvalue weighted by Crippen LogP contribution is -2.27. The van der Waals surface area contributed by atoms with E-state index in [1.165, 1.54) is 11.1 Å². The van der Waals surface area contributed by atoms with Gasteiger partial charge in [-0.15, -0.1) is 0 Å². The number of carbonyl (C=O) groups is 1. The highest BCUT2D eigenvalue weighted by Crippen LogP contribution is 2.35. The third-order valence-corrected chi connectivity index (χ3v) is 3.97. The number of rotatable bonds is 5. The first kappa shape index (κ1) is 13.6. The second kappa shape index (κ2) is 6.34. The molecular weight excluding hydrogens is 294 g/mol. The van der Waals surface area contributed by atoms with Crippen LogP contribution >= 0.6 is 15.9 Å². The maximum absolute atomic E-state index is 11.8. The molecule has 4 heteroatoms. The molecule has 1 aliphatic carbocycles. The molecule has 0 radical (unpaired) electrons. The molecule has 0 aliphatic heterocycles. The molecule has 0 spiro atoms. The Morgan fingerprint density at radius 3 is 3.17 bits per heavy atom. The van der Waals surface area contributed by atoms with E-state index in [1.807, 2.05) is 13.0 Å². The smallest absolute Gasteiger partial charge is 0.222 e. The van der Waals surface area contributed by atoms with Gasteiger partial charge in [-0.1, -0.05) is 28.1 Å². The van der Waals surface area contributed by atoms with E-state index in [0.29, 0.717) is 19.6 Å². The highest BCUT2D eigenvalue weighted by Gasteiger charge is 2.24. The average molecular weight is 312 g/mol. The predicted octanol–water partition coefficient (Wildman–Crippen LogP) is 2.98. The summed E-state index contributed by atoms with van der Waals surface area (Å²) >= 11 is 3.56. The number of carbonyl (C=O) groups excluding carboxylic acids is 1. The normalized spacial score (nSPS) is 17.6. The lowest BCUT2D eigenvalue weighted by Gasteiger charge is -2.14. The minimum absolute atomic E-state index is 0.0706. The van der Waals surface area contributed by atoms with Gasteiger partial charge in [0, 0.05) is 17.5 Å². The number of hydrogen-bond donors (Lipinski definition) is 1. The van der Waals surface area contributed by atoms with Gasteiger partial charge in [0.25, 0.3) is 0 Å². The Labute approximate surface area is 116 Å². The summed E-state index contributed by atoms with van der Waals surface area (Å²) in [6.45, 7) is 3.09. The van der Waals surface area contributed by atoms with Crippen LogP contribution in [0.1, 0.15) is 36.9 Å². The Balaban J connectivity index is 1.93. The molecule has 1 unspecified atom stereocenters. The fourth-order valence-corrected chi connectivity index (χ4v) is 2.92. The predicted molar refractivity (Wildman–Crippen MR) is 74.5 cm³/mol.